The molecule has 0 aliphatic heterocycles. The van der Waals surface area contributed by atoms with E-state index in [1.165, 1.54) is 23.5 Å². The Morgan fingerprint density at radius 1 is 1.36 bits per heavy atom. The van der Waals surface area contributed by atoms with Gasteiger partial charge in [-0.3, -0.25) is 9.88 Å². The van der Waals surface area contributed by atoms with Gasteiger partial charge in [0.2, 0.25) is 0 Å². The van der Waals surface area contributed by atoms with Crippen LogP contribution >= 0.6 is 31.3 Å². The zero-order valence-electron chi connectivity index (χ0n) is 7.97. The summed E-state index contributed by atoms with van der Waals surface area (Å²) >= 11 is 2.71. The monoisotopic (exact) mass is 259 g/mol. The maximum Gasteiger partial charge on any atom is 0.429 e. The number of nitrogens with one attached hydrogen (secondary N) is 1. The summed E-state index contributed by atoms with van der Waals surface area (Å²) in [4.78, 5) is 28.4. The standard InChI is InChI=1S/C6H14NO4PS2/c1-3-13-6(14-4-2)5(8)7-12(9,10)11/h6H,3-4H2,1-2H3,(H3,7,8,9,10,11). The van der Waals surface area contributed by atoms with E-state index >= 15 is 0 Å². The third-order valence-corrected chi connectivity index (χ3v) is 4.13. The van der Waals surface area contributed by atoms with Crippen LogP contribution < -0.4 is 5.09 Å². The van der Waals surface area contributed by atoms with Crippen LogP contribution in [0.5, 0.6) is 0 Å². The van der Waals surface area contributed by atoms with Crippen molar-refractivity contribution < 1.29 is 19.1 Å². The fraction of sp³-hybridized carbons (Fsp3) is 0.833. The van der Waals surface area contributed by atoms with Gasteiger partial charge in [0.15, 0.2) is 0 Å². The first-order valence-electron chi connectivity index (χ1n) is 4.01. The minimum absolute atomic E-state index is 0.447. The maximum absolute atomic E-state index is 11.3. The molecule has 0 aromatic heterocycles. The Balaban J connectivity index is 4.21. The second-order valence-corrected chi connectivity index (χ2v) is 6.64. The van der Waals surface area contributed by atoms with E-state index in [0.29, 0.717) is 0 Å². The van der Waals surface area contributed by atoms with Crippen LogP contribution in [0.25, 0.3) is 0 Å². The van der Waals surface area contributed by atoms with E-state index in [2.05, 4.69) is 0 Å². The van der Waals surface area contributed by atoms with Gasteiger partial charge in [-0.05, 0) is 11.5 Å². The van der Waals surface area contributed by atoms with Gasteiger partial charge in [-0.2, -0.15) is 0 Å². The van der Waals surface area contributed by atoms with E-state index in [1.54, 1.807) is 5.09 Å². The fourth-order valence-corrected chi connectivity index (χ4v) is 3.52. The first-order valence-corrected chi connectivity index (χ1v) is 7.72. The van der Waals surface area contributed by atoms with E-state index in [1.807, 2.05) is 13.8 Å². The summed E-state index contributed by atoms with van der Waals surface area (Å²) in [5.41, 5.74) is 0. The number of thioether (sulfide) groups is 2. The average molecular weight is 259 g/mol. The van der Waals surface area contributed by atoms with Crippen molar-refractivity contribution in [1.82, 2.24) is 5.09 Å². The second kappa shape index (κ2) is 6.74. The van der Waals surface area contributed by atoms with Crippen molar-refractivity contribution in [3.05, 3.63) is 0 Å². The molecule has 0 aromatic carbocycles. The lowest BCUT2D eigenvalue weighted by atomic mass is 10.7. The topological polar surface area (TPSA) is 86.6 Å². The Kier molecular flexibility index (Phi) is 6.89. The minimum atomic E-state index is -4.45. The number of rotatable bonds is 6. The summed E-state index contributed by atoms with van der Waals surface area (Å²) in [5.74, 6) is 0.843. The van der Waals surface area contributed by atoms with E-state index in [9.17, 15) is 9.36 Å². The number of hydrogen-bond acceptors (Lipinski definition) is 4. The first-order chi connectivity index (χ1) is 6.40. The van der Waals surface area contributed by atoms with Crippen LogP contribution in [0.2, 0.25) is 0 Å². The van der Waals surface area contributed by atoms with E-state index in [0.717, 1.165) is 11.5 Å². The largest absolute Gasteiger partial charge is 0.429 e. The van der Waals surface area contributed by atoms with Crippen molar-refractivity contribution in [1.29, 1.82) is 0 Å². The summed E-state index contributed by atoms with van der Waals surface area (Å²) in [6, 6.07) is 0. The SMILES string of the molecule is CCSC(SCC)C(=O)NP(=O)(O)O. The molecule has 0 spiro atoms. The van der Waals surface area contributed by atoms with E-state index in [-0.39, 0.29) is 0 Å². The van der Waals surface area contributed by atoms with Crippen LogP contribution in [0.1, 0.15) is 13.8 Å². The minimum Gasteiger partial charge on any atom is -0.308 e. The van der Waals surface area contributed by atoms with Crippen molar-refractivity contribution >= 4 is 37.2 Å². The fourth-order valence-electron chi connectivity index (χ4n) is 0.698. The molecular formula is C6H14NO4PS2. The highest BCUT2D eigenvalue weighted by Gasteiger charge is 2.24. The molecule has 3 N–H and O–H groups in total. The smallest absolute Gasteiger partial charge is 0.308 e. The van der Waals surface area contributed by atoms with Crippen LogP contribution in [0.4, 0.5) is 0 Å². The van der Waals surface area contributed by atoms with Crippen LogP contribution in [-0.2, 0) is 9.36 Å². The lowest BCUT2D eigenvalue weighted by Crippen LogP contribution is -2.28. The molecular weight excluding hydrogens is 245 g/mol. The van der Waals surface area contributed by atoms with Gasteiger partial charge < -0.3 is 9.79 Å². The molecule has 0 aliphatic carbocycles. The quantitative estimate of drug-likeness (QED) is 0.488. The molecule has 0 unspecified atom stereocenters. The Morgan fingerprint density at radius 3 is 2.07 bits per heavy atom. The highest BCUT2D eigenvalue weighted by molar-refractivity contribution is 8.18. The third kappa shape index (κ3) is 6.73. The van der Waals surface area contributed by atoms with E-state index < -0.39 is 18.2 Å². The van der Waals surface area contributed by atoms with Gasteiger partial charge in [-0.15, -0.1) is 23.5 Å². The van der Waals surface area contributed by atoms with E-state index in [4.69, 9.17) is 9.79 Å². The van der Waals surface area contributed by atoms with Gasteiger partial charge in [-0.1, -0.05) is 13.8 Å². The molecule has 0 aromatic rings. The number of carbonyl (C=O) groups excluding carboxylic acids is 1. The lowest BCUT2D eigenvalue weighted by Gasteiger charge is -2.14. The molecule has 5 nitrogen and oxygen atoms in total. The number of hydrogen-bond donors (Lipinski definition) is 3. The van der Waals surface area contributed by atoms with Crippen molar-refractivity contribution in [3.8, 4) is 0 Å². The van der Waals surface area contributed by atoms with Crippen LogP contribution in [0.3, 0.4) is 0 Å². The normalized spacial score (nSPS) is 11.8. The highest BCUT2D eigenvalue weighted by Crippen LogP contribution is 2.31. The Hall–Kier alpha value is 0.320. The van der Waals surface area contributed by atoms with Gasteiger partial charge in [0.1, 0.15) is 4.58 Å². The van der Waals surface area contributed by atoms with Crippen molar-refractivity contribution in [2.45, 2.75) is 18.4 Å². The Labute approximate surface area is 91.6 Å². The molecule has 0 saturated carbocycles. The summed E-state index contributed by atoms with van der Waals surface area (Å²) in [6.45, 7) is 3.78. The molecule has 84 valence electrons. The van der Waals surface area contributed by atoms with Crippen LogP contribution in [-0.4, -0.2) is 31.8 Å². The van der Waals surface area contributed by atoms with Crippen LogP contribution in [0, 0.1) is 0 Å². The van der Waals surface area contributed by atoms with Gasteiger partial charge in [0.25, 0.3) is 5.91 Å². The molecule has 1 amide bonds. The molecule has 0 rings (SSSR count). The Morgan fingerprint density at radius 2 is 1.79 bits per heavy atom. The van der Waals surface area contributed by atoms with Crippen LogP contribution in [0.15, 0.2) is 0 Å². The Bertz CT molecular complexity index is 226. The summed E-state index contributed by atoms with van der Waals surface area (Å²) in [5, 5.41) is 1.67. The molecule has 0 radical (unpaired) electrons. The zero-order valence-corrected chi connectivity index (χ0v) is 10.5. The zero-order chi connectivity index (χ0) is 11.2. The molecule has 0 bridgehead atoms. The molecule has 8 heteroatoms. The van der Waals surface area contributed by atoms with Gasteiger partial charge >= 0.3 is 7.75 Å². The number of amides is 1. The van der Waals surface area contributed by atoms with Crippen molar-refractivity contribution in [2.75, 3.05) is 11.5 Å². The van der Waals surface area contributed by atoms with Crippen molar-refractivity contribution in [3.63, 3.8) is 0 Å². The molecule has 0 atom stereocenters. The van der Waals surface area contributed by atoms with Gasteiger partial charge in [-0.25, -0.2) is 4.57 Å². The molecule has 0 fully saturated rings. The van der Waals surface area contributed by atoms with Gasteiger partial charge in [0, 0.05) is 0 Å². The molecule has 14 heavy (non-hydrogen) atoms. The molecule has 0 aliphatic rings. The average Bonchev–Trinajstić information content (AvgIpc) is 2.01. The molecule has 0 heterocycles. The number of carbonyl (C=O) groups is 1. The first kappa shape index (κ1) is 14.3. The summed E-state index contributed by atoms with van der Waals surface area (Å²) in [6.07, 6.45) is 0. The maximum atomic E-state index is 11.3. The summed E-state index contributed by atoms with van der Waals surface area (Å²) < 4.78 is 10.1. The molecule has 0 saturated heterocycles. The predicted octanol–water partition coefficient (Wildman–Crippen LogP) is 1.03. The summed E-state index contributed by atoms with van der Waals surface area (Å²) in [7, 11) is -4.45. The van der Waals surface area contributed by atoms with Crippen molar-refractivity contribution in [2.24, 2.45) is 0 Å². The second-order valence-electron chi connectivity index (χ2n) is 2.26. The highest BCUT2D eigenvalue weighted by atomic mass is 32.2. The lowest BCUT2D eigenvalue weighted by molar-refractivity contribution is -0.117. The van der Waals surface area contributed by atoms with Gasteiger partial charge in [0.05, 0.1) is 0 Å². The third-order valence-electron chi connectivity index (χ3n) is 1.11. The predicted molar refractivity (Wildman–Crippen MR) is 60.2 cm³/mol.